The predicted octanol–water partition coefficient (Wildman–Crippen LogP) is 3.88. The maximum Gasteiger partial charge on any atom is 0.201 e. The van der Waals surface area contributed by atoms with Gasteiger partial charge in [-0.15, -0.1) is 0 Å². The molecule has 0 fully saturated rings. The van der Waals surface area contributed by atoms with Crippen LogP contribution in [0.5, 0.6) is 0 Å². The zero-order chi connectivity index (χ0) is 12.6. The summed E-state index contributed by atoms with van der Waals surface area (Å²) in [5.41, 5.74) is 7.93. The number of benzene rings is 1. The Kier molecular flexibility index (Phi) is 3.29. The molecule has 0 aliphatic rings. The molecule has 2 rings (SSSR count). The van der Waals surface area contributed by atoms with Crippen LogP contribution in [0.3, 0.4) is 0 Å². The van der Waals surface area contributed by atoms with Crippen molar-refractivity contribution in [3.8, 4) is 0 Å². The van der Waals surface area contributed by atoms with Crippen LogP contribution in [0.4, 0.5) is 5.95 Å². The topological polar surface area (TPSA) is 43.8 Å². The summed E-state index contributed by atoms with van der Waals surface area (Å²) in [5.74, 6) is 1.11. The molecular weight excluding hydrogens is 234 g/mol. The number of imidazole rings is 1. The Bertz CT molecular complexity index is 533. The molecule has 3 nitrogen and oxygen atoms in total. The first-order chi connectivity index (χ1) is 8.04. The van der Waals surface area contributed by atoms with E-state index in [9.17, 15) is 0 Å². The van der Waals surface area contributed by atoms with Crippen LogP contribution < -0.4 is 5.73 Å². The minimum Gasteiger partial charge on any atom is -0.369 e. The molecule has 2 N–H and O–H groups in total. The third-order valence-electron chi connectivity index (χ3n) is 3.55. The molecule has 0 amide bonds. The maximum absolute atomic E-state index is 6.04. The zero-order valence-corrected chi connectivity index (χ0v) is 11.2. The van der Waals surface area contributed by atoms with Crippen molar-refractivity contribution < 1.29 is 0 Å². The van der Waals surface area contributed by atoms with Gasteiger partial charge in [0.1, 0.15) is 0 Å². The van der Waals surface area contributed by atoms with E-state index >= 15 is 0 Å². The standard InChI is InChI=1S/C13H18ClN3/c1-4-8(2)9(3)17-12-7-10(14)5-6-11(12)16-13(17)15/h5-9H,4H2,1-3H3,(H2,15,16). The largest absolute Gasteiger partial charge is 0.369 e. The van der Waals surface area contributed by atoms with Crippen LogP contribution in [0.2, 0.25) is 5.02 Å². The van der Waals surface area contributed by atoms with Crippen LogP contribution in [0, 0.1) is 5.92 Å². The quantitative estimate of drug-likeness (QED) is 0.900. The number of nitrogens with two attached hydrogens (primary N) is 1. The fourth-order valence-corrected chi connectivity index (χ4v) is 2.27. The number of aromatic nitrogens is 2. The van der Waals surface area contributed by atoms with Crippen LogP contribution in [0.25, 0.3) is 11.0 Å². The van der Waals surface area contributed by atoms with Crippen molar-refractivity contribution in [1.82, 2.24) is 9.55 Å². The Balaban J connectivity index is 2.59. The summed E-state index contributed by atoms with van der Waals surface area (Å²) < 4.78 is 2.08. The van der Waals surface area contributed by atoms with Crippen molar-refractivity contribution in [1.29, 1.82) is 0 Å². The highest BCUT2D eigenvalue weighted by Gasteiger charge is 2.18. The second kappa shape index (κ2) is 4.57. The smallest absolute Gasteiger partial charge is 0.201 e. The van der Waals surface area contributed by atoms with E-state index < -0.39 is 0 Å². The maximum atomic E-state index is 6.04. The van der Waals surface area contributed by atoms with Gasteiger partial charge in [0, 0.05) is 11.1 Å². The van der Waals surface area contributed by atoms with Crippen LogP contribution >= 0.6 is 11.6 Å². The molecule has 1 heterocycles. The molecule has 0 spiro atoms. The molecule has 0 saturated carbocycles. The lowest BCUT2D eigenvalue weighted by atomic mass is 10.0. The SMILES string of the molecule is CCC(C)C(C)n1c(N)nc2ccc(Cl)cc21. The monoisotopic (exact) mass is 251 g/mol. The number of hydrogen-bond donors (Lipinski definition) is 1. The van der Waals surface area contributed by atoms with E-state index in [1.807, 2.05) is 18.2 Å². The highest BCUT2D eigenvalue weighted by molar-refractivity contribution is 6.31. The normalized spacial score (nSPS) is 15.1. The summed E-state index contributed by atoms with van der Waals surface area (Å²) >= 11 is 6.04. The molecule has 0 bridgehead atoms. The number of hydrogen-bond acceptors (Lipinski definition) is 2. The summed E-state index contributed by atoms with van der Waals surface area (Å²) in [5, 5.41) is 0.718. The van der Waals surface area contributed by atoms with Crippen molar-refractivity contribution in [2.45, 2.75) is 33.2 Å². The molecule has 92 valence electrons. The van der Waals surface area contributed by atoms with Crippen molar-refractivity contribution in [2.24, 2.45) is 5.92 Å². The van der Waals surface area contributed by atoms with Gasteiger partial charge in [0.15, 0.2) is 0 Å². The molecule has 0 aliphatic carbocycles. The molecule has 1 aromatic heterocycles. The van der Waals surface area contributed by atoms with Crippen molar-refractivity contribution >= 4 is 28.6 Å². The van der Waals surface area contributed by atoms with Gasteiger partial charge in [0.25, 0.3) is 0 Å². The fraction of sp³-hybridized carbons (Fsp3) is 0.462. The lowest BCUT2D eigenvalue weighted by molar-refractivity contribution is 0.381. The fourth-order valence-electron chi connectivity index (χ4n) is 2.11. The minimum atomic E-state index is 0.323. The highest BCUT2D eigenvalue weighted by atomic mass is 35.5. The van der Waals surface area contributed by atoms with E-state index in [-0.39, 0.29) is 0 Å². The molecule has 0 aliphatic heterocycles. The van der Waals surface area contributed by atoms with E-state index in [2.05, 4.69) is 30.3 Å². The number of anilines is 1. The predicted molar refractivity (Wildman–Crippen MR) is 73.3 cm³/mol. The van der Waals surface area contributed by atoms with E-state index in [0.717, 1.165) is 22.5 Å². The molecule has 0 saturated heterocycles. The molecule has 2 unspecified atom stereocenters. The number of nitrogens with zero attached hydrogens (tertiary/aromatic N) is 2. The van der Waals surface area contributed by atoms with Crippen molar-refractivity contribution in [2.75, 3.05) is 5.73 Å². The van der Waals surface area contributed by atoms with Crippen LogP contribution in [0.15, 0.2) is 18.2 Å². The van der Waals surface area contributed by atoms with Crippen LogP contribution in [-0.4, -0.2) is 9.55 Å². The average molecular weight is 252 g/mol. The summed E-state index contributed by atoms with van der Waals surface area (Å²) in [6.45, 7) is 6.58. The molecule has 0 radical (unpaired) electrons. The van der Waals surface area contributed by atoms with Crippen LogP contribution in [-0.2, 0) is 0 Å². The first-order valence-electron chi connectivity index (χ1n) is 5.97. The van der Waals surface area contributed by atoms with Crippen molar-refractivity contribution in [3.63, 3.8) is 0 Å². The van der Waals surface area contributed by atoms with Gasteiger partial charge in [-0.1, -0.05) is 31.9 Å². The lowest BCUT2D eigenvalue weighted by Crippen LogP contribution is -2.15. The third kappa shape index (κ3) is 2.12. The summed E-state index contributed by atoms with van der Waals surface area (Å²) in [6.07, 6.45) is 1.11. The van der Waals surface area contributed by atoms with Gasteiger partial charge >= 0.3 is 0 Å². The van der Waals surface area contributed by atoms with Gasteiger partial charge in [0.2, 0.25) is 5.95 Å². The second-order valence-electron chi connectivity index (χ2n) is 4.60. The first kappa shape index (κ1) is 12.2. The van der Waals surface area contributed by atoms with E-state index in [4.69, 9.17) is 17.3 Å². The van der Waals surface area contributed by atoms with Gasteiger partial charge < -0.3 is 10.3 Å². The Hall–Kier alpha value is -1.22. The average Bonchev–Trinajstić information content (AvgIpc) is 2.62. The van der Waals surface area contributed by atoms with Crippen molar-refractivity contribution in [3.05, 3.63) is 23.2 Å². The molecule has 17 heavy (non-hydrogen) atoms. The number of nitrogen functional groups attached to an aromatic ring is 1. The number of halogens is 1. The minimum absolute atomic E-state index is 0.323. The van der Waals surface area contributed by atoms with E-state index in [1.54, 1.807) is 0 Å². The number of fused-ring (bicyclic) bond motifs is 1. The van der Waals surface area contributed by atoms with Gasteiger partial charge in [0.05, 0.1) is 11.0 Å². The molecular formula is C13H18ClN3. The molecule has 2 atom stereocenters. The summed E-state index contributed by atoms with van der Waals surface area (Å²) in [4.78, 5) is 4.37. The van der Waals surface area contributed by atoms with E-state index in [0.29, 0.717) is 17.9 Å². The summed E-state index contributed by atoms with van der Waals surface area (Å²) in [7, 11) is 0. The van der Waals surface area contributed by atoms with Gasteiger partial charge in [-0.25, -0.2) is 4.98 Å². The Morgan fingerprint density at radius 2 is 2.12 bits per heavy atom. The molecule has 1 aromatic carbocycles. The third-order valence-corrected chi connectivity index (χ3v) is 3.79. The Morgan fingerprint density at radius 1 is 1.41 bits per heavy atom. The second-order valence-corrected chi connectivity index (χ2v) is 5.04. The zero-order valence-electron chi connectivity index (χ0n) is 10.4. The highest BCUT2D eigenvalue weighted by Crippen LogP contribution is 2.29. The first-order valence-corrected chi connectivity index (χ1v) is 6.35. The Labute approximate surface area is 107 Å². The Morgan fingerprint density at radius 3 is 2.76 bits per heavy atom. The van der Waals surface area contributed by atoms with Crippen LogP contribution in [0.1, 0.15) is 33.2 Å². The summed E-state index contributed by atoms with van der Waals surface area (Å²) in [6, 6.07) is 6.00. The van der Waals surface area contributed by atoms with Gasteiger partial charge in [-0.2, -0.15) is 0 Å². The lowest BCUT2D eigenvalue weighted by Gasteiger charge is -2.21. The van der Waals surface area contributed by atoms with Gasteiger partial charge in [-0.3, -0.25) is 0 Å². The molecule has 4 heteroatoms. The number of rotatable bonds is 3. The van der Waals surface area contributed by atoms with E-state index in [1.165, 1.54) is 0 Å². The molecule has 2 aromatic rings. The van der Waals surface area contributed by atoms with Gasteiger partial charge in [-0.05, 0) is 31.0 Å².